The monoisotopic (exact) mass is 329 g/mol. The maximum atomic E-state index is 10.3. The van der Waals surface area contributed by atoms with Crippen molar-refractivity contribution in [1.29, 1.82) is 0 Å². The first-order valence-electron chi connectivity index (χ1n) is 6.68. The van der Waals surface area contributed by atoms with Crippen molar-refractivity contribution < 1.29 is 34.9 Å². The molecule has 0 saturated heterocycles. The number of carbonyl (C=O) groups is 2. The van der Waals surface area contributed by atoms with Crippen LogP contribution in [0.3, 0.4) is 0 Å². The Balaban J connectivity index is 0.000000371. The number of hydrogen-bond donors (Lipinski definition) is 4. The van der Waals surface area contributed by atoms with Gasteiger partial charge in [-0.15, -0.1) is 0 Å². The molecule has 23 heavy (non-hydrogen) atoms. The molecule has 0 radical (unpaired) electrons. The Labute approximate surface area is 132 Å². The number of aliphatic carboxylic acids is 1. The van der Waals surface area contributed by atoms with Gasteiger partial charge in [-0.2, -0.15) is 0 Å². The molecular weight excluding hydrogens is 310 g/mol. The molecule has 0 heterocycles. The molecule has 0 unspecified atom stereocenters. The number of carboxylic acids is 2. The molecular formula is C14H19NO8. The molecule has 128 valence electrons. The van der Waals surface area contributed by atoms with Crippen molar-refractivity contribution in [2.45, 2.75) is 38.4 Å². The Morgan fingerprint density at radius 1 is 1.09 bits per heavy atom. The molecule has 0 bridgehead atoms. The highest BCUT2D eigenvalue weighted by Gasteiger charge is 2.21. The van der Waals surface area contributed by atoms with E-state index >= 15 is 0 Å². The fourth-order valence-corrected chi connectivity index (χ4v) is 1.65. The second kappa shape index (κ2) is 10.2. The standard InChI is InChI=1S/C7H5NO4.C5H10O2.C2H4O2/c9-7(10)5-1-3-6(4-2-5)8(11)12;6-4-2-1-3-5(4)7;1-2(3)4/h1-4H,(H,9,10);4-7H,1-3H2;1H3,(H,3,4)/t;4-,5-;/m.1./s1. The van der Waals surface area contributed by atoms with Crippen molar-refractivity contribution in [3.05, 3.63) is 39.9 Å². The van der Waals surface area contributed by atoms with Crippen LogP contribution in [0.4, 0.5) is 5.69 Å². The summed E-state index contributed by atoms with van der Waals surface area (Å²) in [6, 6.07) is 4.70. The summed E-state index contributed by atoms with van der Waals surface area (Å²) in [7, 11) is 0. The van der Waals surface area contributed by atoms with Gasteiger partial charge < -0.3 is 20.4 Å². The summed E-state index contributed by atoms with van der Waals surface area (Å²) in [5, 5.41) is 43.5. The quantitative estimate of drug-likeness (QED) is 0.466. The summed E-state index contributed by atoms with van der Waals surface area (Å²) in [6.07, 6.45) is 1.67. The van der Waals surface area contributed by atoms with E-state index in [0.29, 0.717) is 0 Å². The Morgan fingerprint density at radius 3 is 1.70 bits per heavy atom. The third-order valence-electron chi connectivity index (χ3n) is 2.77. The number of benzene rings is 1. The molecule has 0 aromatic heterocycles. The molecule has 2 atom stereocenters. The van der Waals surface area contributed by atoms with E-state index in [1.165, 1.54) is 12.1 Å². The number of nitro groups is 1. The van der Waals surface area contributed by atoms with Crippen LogP contribution < -0.4 is 0 Å². The number of carboxylic acid groups (broad SMARTS) is 2. The normalized spacial score (nSPS) is 18.7. The number of rotatable bonds is 2. The molecule has 2 rings (SSSR count). The van der Waals surface area contributed by atoms with Crippen LogP contribution >= 0.6 is 0 Å². The predicted octanol–water partition coefficient (Wildman–Crippen LogP) is 1.28. The van der Waals surface area contributed by atoms with Crippen LogP contribution in [-0.2, 0) is 4.79 Å². The molecule has 4 N–H and O–H groups in total. The molecule has 0 spiro atoms. The molecule has 1 fully saturated rings. The van der Waals surface area contributed by atoms with Crippen LogP contribution in [0.5, 0.6) is 0 Å². The fraction of sp³-hybridized carbons (Fsp3) is 0.429. The van der Waals surface area contributed by atoms with Crippen molar-refractivity contribution in [3.8, 4) is 0 Å². The minimum Gasteiger partial charge on any atom is -0.481 e. The van der Waals surface area contributed by atoms with Crippen molar-refractivity contribution in [2.75, 3.05) is 0 Å². The molecule has 1 aliphatic carbocycles. The average molecular weight is 329 g/mol. The van der Waals surface area contributed by atoms with E-state index in [1.54, 1.807) is 0 Å². The Morgan fingerprint density at radius 2 is 1.48 bits per heavy atom. The van der Waals surface area contributed by atoms with Crippen LogP contribution in [0.25, 0.3) is 0 Å². The zero-order chi connectivity index (χ0) is 18.0. The second-order valence-electron chi connectivity index (χ2n) is 4.69. The minimum atomic E-state index is -1.09. The van der Waals surface area contributed by atoms with Gasteiger partial charge in [0.25, 0.3) is 11.7 Å². The number of aromatic carboxylic acids is 1. The van der Waals surface area contributed by atoms with Gasteiger partial charge in [0.15, 0.2) is 0 Å². The van der Waals surface area contributed by atoms with E-state index in [1.807, 2.05) is 0 Å². The third-order valence-corrected chi connectivity index (χ3v) is 2.77. The van der Waals surface area contributed by atoms with Gasteiger partial charge in [-0.25, -0.2) is 4.79 Å². The number of nitrogens with zero attached hydrogens (tertiary/aromatic N) is 1. The zero-order valence-electron chi connectivity index (χ0n) is 12.5. The Hall–Kier alpha value is -2.52. The van der Waals surface area contributed by atoms with Gasteiger partial charge in [-0.3, -0.25) is 14.9 Å². The van der Waals surface area contributed by atoms with Crippen LogP contribution in [0.2, 0.25) is 0 Å². The molecule has 9 nitrogen and oxygen atoms in total. The summed E-state index contributed by atoms with van der Waals surface area (Å²) >= 11 is 0. The number of nitro benzene ring substituents is 1. The molecule has 9 heteroatoms. The number of aliphatic hydroxyl groups is 2. The molecule has 0 aliphatic heterocycles. The minimum absolute atomic E-state index is 0.0422. The maximum Gasteiger partial charge on any atom is 0.335 e. The van der Waals surface area contributed by atoms with Crippen molar-refractivity contribution >= 4 is 17.6 Å². The van der Waals surface area contributed by atoms with Gasteiger partial charge in [0, 0.05) is 19.1 Å². The van der Waals surface area contributed by atoms with Gasteiger partial charge in [0.2, 0.25) is 0 Å². The molecule has 1 saturated carbocycles. The number of non-ortho nitro benzene ring substituents is 1. The van der Waals surface area contributed by atoms with Gasteiger partial charge >= 0.3 is 5.97 Å². The van der Waals surface area contributed by atoms with Crippen molar-refractivity contribution in [2.24, 2.45) is 0 Å². The summed E-state index contributed by atoms with van der Waals surface area (Å²) in [4.78, 5) is 28.9. The fourth-order valence-electron chi connectivity index (χ4n) is 1.65. The van der Waals surface area contributed by atoms with E-state index in [-0.39, 0.29) is 11.3 Å². The molecule has 1 aromatic carbocycles. The van der Waals surface area contributed by atoms with E-state index in [0.717, 1.165) is 38.3 Å². The number of hydrogen-bond acceptors (Lipinski definition) is 6. The summed E-state index contributed by atoms with van der Waals surface area (Å²) in [5.41, 5.74) is -0.0689. The van der Waals surface area contributed by atoms with E-state index in [9.17, 15) is 14.9 Å². The van der Waals surface area contributed by atoms with Crippen LogP contribution in [0.1, 0.15) is 36.5 Å². The highest BCUT2D eigenvalue weighted by molar-refractivity contribution is 5.87. The summed E-state index contributed by atoms with van der Waals surface area (Å²) in [6.45, 7) is 1.08. The largest absolute Gasteiger partial charge is 0.481 e. The topological polar surface area (TPSA) is 158 Å². The summed E-state index contributed by atoms with van der Waals surface area (Å²) in [5.74, 6) is -1.93. The average Bonchev–Trinajstić information content (AvgIpc) is 2.83. The van der Waals surface area contributed by atoms with Crippen LogP contribution in [0.15, 0.2) is 24.3 Å². The molecule has 1 aliphatic rings. The SMILES string of the molecule is CC(=O)O.O=C(O)c1ccc([N+](=O)[O-])cc1.O[C@@H]1CCC[C@H]1O. The first-order valence-corrected chi connectivity index (χ1v) is 6.68. The van der Waals surface area contributed by atoms with Crippen LogP contribution in [0, 0.1) is 10.1 Å². The van der Waals surface area contributed by atoms with Gasteiger partial charge in [-0.1, -0.05) is 0 Å². The number of aliphatic hydroxyl groups excluding tert-OH is 2. The highest BCUT2D eigenvalue weighted by atomic mass is 16.6. The van der Waals surface area contributed by atoms with Crippen LogP contribution in [-0.4, -0.2) is 49.5 Å². The lowest BCUT2D eigenvalue weighted by Gasteiger charge is -2.03. The van der Waals surface area contributed by atoms with Crippen molar-refractivity contribution in [3.63, 3.8) is 0 Å². The first kappa shape index (κ1) is 20.5. The van der Waals surface area contributed by atoms with Gasteiger partial charge in [-0.05, 0) is 31.4 Å². The first-order chi connectivity index (χ1) is 10.6. The lowest BCUT2D eigenvalue weighted by atomic mass is 10.2. The Bertz CT molecular complexity index is 483. The van der Waals surface area contributed by atoms with Gasteiger partial charge in [0.05, 0.1) is 22.7 Å². The smallest absolute Gasteiger partial charge is 0.335 e. The maximum absolute atomic E-state index is 10.3. The lowest BCUT2D eigenvalue weighted by molar-refractivity contribution is -0.384. The Kier molecular flexibility index (Phi) is 9.12. The van der Waals surface area contributed by atoms with Crippen molar-refractivity contribution in [1.82, 2.24) is 0 Å². The highest BCUT2D eigenvalue weighted by Crippen LogP contribution is 2.17. The van der Waals surface area contributed by atoms with Gasteiger partial charge in [0.1, 0.15) is 0 Å². The molecule has 0 amide bonds. The molecule has 1 aromatic rings. The third kappa shape index (κ3) is 9.17. The second-order valence-corrected chi connectivity index (χ2v) is 4.69. The zero-order valence-corrected chi connectivity index (χ0v) is 12.5. The summed E-state index contributed by atoms with van der Waals surface area (Å²) < 4.78 is 0. The predicted molar refractivity (Wildman–Crippen MR) is 79.2 cm³/mol. The lowest BCUT2D eigenvalue weighted by Crippen LogP contribution is -2.17. The van der Waals surface area contributed by atoms with E-state index in [4.69, 9.17) is 25.2 Å². The van der Waals surface area contributed by atoms with E-state index in [2.05, 4.69) is 0 Å². The van der Waals surface area contributed by atoms with E-state index < -0.39 is 29.1 Å².